The zero-order valence-electron chi connectivity index (χ0n) is 9.37. The number of ether oxygens (including phenoxy) is 1. The molecule has 86 valence electrons. The fourth-order valence-corrected chi connectivity index (χ4v) is 2.28. The van der Waals surface area contributed by atoms with Crippen LogP contribution in [0.15, 0.2) is 0 Å². The Hall–Kier alpha value is -0.610. The van der Waals surface area contributed by atoms with Crippen molar-refractivity contribution < 1.29 is 9.53 Å². The number of rotatable bonds is 1. The molecule has 0 spiro atoms. The van der Waals surface area contributed by atoms with Crippen LogP contribution in [-0.4, -0.2) is 42.6 Å². The first-order chi connectivity index (χ1) is 7.12. The molecule has 0 radical (unpaired) electrons. The Morgan fingerprint density at radius 2 is 2.13 bits per heavy atom. The first-order valence-corrected chi connectivity index (χ1v) is 5.78. The predicted molar refractivity (Wildman–Crippen MR) is 57.3 cm³/mol. The molecule has 15 heavy (non-hydrogen) atoms. The van der Waals surface area contributed by atoms with E-state index < -0.39 is 5.54 Å². The molecule has 2 saturated heterocycles. The van der Waals surface area contributed by atoms with Crippen molar-refractivity contribution in [1.82, 2.24) is 4.90 Å². The van der Waals surface area contributed by atoms with Crippen molar-refractivity contribution in [3.8, 4) is 0 Å². The van der Waals surface area contributed by atoms with Gasteiger partial charge in [-0.2, -0.15) is 0 Å². The number of nitrogens with zero attached hydrogens (tertiary/aromatic N) is 1. The lowest BCUT2D eigenvalue weighted by atomic mass is 9.94. The summed E-state index contributed by atoms with van der Waals surface area (Å²) in [6, 6.07) is 0. The Kier molecular flexibility index (Phi) is 2.98. The average Bonchev–Trinajstić information content (AvgIpc) is 2.67. The van der Waals surface area contributed by atoms with Crippen molar-refractivity contribution in [3.05, 3.63) is 0 Å². The smallest absolute Gasteiger partial charge is 0.245 e. The molecule has 1 atom stereocenters. The van der Waals surface area contributed by atoms with Crippen LogP contribution < -0.4 is 5.73 Å². The molecule has 2 heterocycles. The number of likely N-dealkylation sites (tertiary alicyclic amines) is 1. The van der Waals surface area contributed by atoms with Gasteiger partial charge >= 0.3 is 0 Å². The van der Waals surface area contributed by atoms with Gasteiger partial charge in [0.05, 0.1) is 6.61 Å². The fraction of sp³-hybridized carbons (Fsp3) is 0.909. The Balaban J connectivity index is 1.95. The van der Waals surface area contributed by atoms with Crippen molar-refractivity contribution in [2.45, 2.75) is 31.7 Å². The second-order valence-electron chi connectivity index (χ2n) is 4.93. The monoisotopic (exact) mass is 212 g/mol. The van der Waals surface area contributed by atoms with Gasteiger partial charge in [-0.3, -0.25) is 4.79 Å². The summed E-state index contributed by atoms with van der Waals surface area (Å²) in [6.45, 7) is 4.96. The van der Waals surface area contributed by atoms with E-state index in [4.69, 9.17) is 10.5 Å². The van der Waals surface area contributed by atoms with Gasteiger partial charge in [-0.15, -0.1) is 0 Å². The van der Waals surface area contributed by atoms with Gasteiger partial charge in [0.15, 0.2) is 0 Å². The third-order valence-electron chi connectivity index (χ3n) is 3.55. The van der Waals surface area contributed by atoms with Crippen LogP contribution in [0.4, 0.5) is 0 Å². The summed E-state index contributed by atoms with van der Waals surface area (Å²) in [5.41, 5.74) is 5.32. The van der Waals surface area contributed by atoms with E-state index in [9.17, 15) is 4.79 Å². The van der Waals surface area contributed by atoms with Crippen molar-refractivity contribution in [2.24, 2.45) is 11.7 Å². The highest BCUT2D eigenvalue weighted by atomic mass is 16.5. The lowest BCUT2D eigenvalue weighted by molar-refractivity contribution is -0.138. The van der Waals surface area contributed by atoms with Crippen LogP contribution in [0.1, 0.15) is 26.2 Å². The van der Waals surface area contributed by atoms with Crippen LogP contribution in [0.5, 0.6) is 0 Å². The highest BCUT2D eigenvalue weighted by molar-refractivity contribution is 5.86. The molecule has 2 aliphatic rings. The molecule has 0 aromatic heterocycles. The molecule has 2 aliphatic heterocycles. The van der Waals surface area contributed by atoms with Gasteiger partial charge < -0.3 is 15.4 Å². The van der Waals surface area contributed by atoms with Crippen molar-refractivity contribution in [2.75, 3.05) is 26.3 Å². The molecule has 2 rings (SSSR count). The summed E-state index contributed by atoms with van der Waals surface area (Å²) in [4.78, 5) is 14.1. The third kappa shape index (κ3) is 2.16. The van der Waals surface area contributed by atoms with Gasteiger partial charge in [0.2, 0.25) is 5.91 Å². The number of amides is 1. The Labute approximate surface area is 90.8 Å². The standard InChI is InChI=1S/C11H20N2O2/c1-9-2-5-13(6-3-9)10(14)11(12)4-7-15-8-11/h9H,2-8,12H2,1H3. The van der Waals surface area contributed by atoms with Crippen LogP contribution in [0.25, 0.3) is 0 Å². The molecular formula is C11H20N2O2. The largest absolute Gasteiger partial charge is 0.379 e. The summed E-state index contributed by atoms with van der Waals surface area (Å²) >= 11 is 0. The number of piperidine rings is 1. The molecule has 0 aromatic rings. The summed E-state index contributed by atoms with van der Waals surface area (Å²) in [5, 5.41) is 0. The van der Waals surface area contributed by atoms with Crippen LogP contribution in [0, 0.1) is 5.92 Å². The molecule has 4 heteroatoms. The quantitative estimate of drug-likeness (QED) is 0.683. The van der Waals surface area contributed by atoms with Crippen molar-refractivity contribution in [3.63, 3.8) is 0 Å². The van der Waals surface area contributed by atoms with E-state index in [-0.39, 0.29) is 5.91 Å². The molecule has 0 aromatic carbocycles. The molecule has 4 nitrogen and oxygen atoms in total. The van der Waals surface area contributed by atoms with Gasteiger partial charge in [-0.1, -0.05) is 6.92 Å². The minimum absolute atomic E-state index is 0.0897. The third-order valence-corrected chi connectivity index (χ3v) is 3.55. The minimum Gasteiger partial charge on any atom is -0.379 e. The number of hydrogen-bond donors (Lipinski definition) is 1. The SMILES string of the molecule is CC1CCN(C(=O)C2(N)CCOC2)CC1. The zero-order valence-corrected chi connectivity index (χ0v) is 9.37. The summed E-state index contributed by atoms with van der Waals surface area (Å²) in [7, 11) is 0. The van der Waals surface area contributed by atoms with Crippen molar-refractivity contribution in [1.29, 1.82) is 0 Å². The topological polar surface area (TPSA) is 55.6 Å². The Bertz CT molecular complexity index is 241. The predicted octanol–water partition coefficient (Wildman–Crippen LogP) is 0.363. The van der Waals surface area contributed by atoms with E-state index in [1.807, 2.05) is 4.90 Å². The molecule has 1 amide bonds. The summed E-state index contributed by atoms with van der Waals surface area (Å²) in [6.07, 6.45) is 2.86. The lowest BCUT2D eigenvalue weighted by Crippen LogP contribution is -2.57. The van der Waals surface area contributed by atoms with E-state index in [1.54, 1.807) is 0 Å². The maximum atomic E-state index is 12.1. The van der Waals surface area contributed by atoms with Gasteiger partial charge in [0, 0.05) is 19.7 Å². The second kappa shape index (κ2) is 4.10. The average molecular weight is 212 g/mol. The van der Waals surface area contributed by atoms with Crippen LogP contribution in [0.3, 0.4) is 0 Å². The maximum Gasteiger partial charge on any atom is 0.245 e. The molecule has 2 fully saturated rings. The molecular weight excluding hydrogens is 192 g/mol. The molecule has 2 N–H and O–H groups in total. The molecule has 0 saturated carbocycles. The van der Waals surface area contributed by atoms with Gasteiger partial charge in [0.25, 0.3) is 0 Å². The molecule has 0 aliphatic carbocycles. The van der Waals surface area contributed by atoms with Crippen LogP contribution in [0.2, 0.25) is 0 Å². The van der Waals surface area contributed by atoms with E-state index in [2.05, 4.69) is 6.92 Å². The first-order valence-electron chi connectivity index (χ1n) is 5.78. The first kappa shape index (κ1) is 10.9. The maximum absolute atomic E-state index is 12.1. The highest BCUT2D eigenvalue weighted by Crippen LogP contribution is 2.22. The zero-order chi connectivity index (χ0) is 10.9. The van der Waals surface area contributed by atoms with Gasteiger partial charge in [-0.05, 0) is 25.2 Å². The number of nitrogens with two attached hydrogens (primary N) is 1. The Morgan fingerprint density at radius 3 is 2.67 bits per heavy atom. The Morgan fingerprint density at radius 1 is 1.47 bits per heavy atom. The number of carbonyl (C=O) groups excluding carboxylic acids is 1. The van der Waals surface area contributed by atoms with Crippen molar-refractivity contribution >= 4 is 5.91 Å². The fourth-order valence-electron chi connectivity index (χ4n) is 2.28. The minimum atomic E-state index is -0.736. The summed E-state index contributed by atoms with van der Waals surface area (Å²) in [5.74, 6) is 0.828. The van der Waals surface area contributed by atoms with E-state index >= 15 is 0 Å². The van der Waals surface area contributed by atoms with Gasteiger partial charge in [0.1, 0.15) is 5.54 Å². The van der Waals surface area contributed by atoms with Crippen LogP contribution in [-0.2, 0) is 9.53 Å². The normalized spacial score (nSPS) is 33.3. The second-order valence-corrected chi connectivity index (χ2v) is 4.93. The van der Waals surface area contributed by atoms with Gasteiger partial charge in [-0.25, -0.2) is 0 Å². The van der Waals surface area contributed by atoms with E-state index in [1.165, 1.54) is 0 Å². The summed E-state index contributed by atoms with van der Waals surface area (Å²) < 4.78 is 5.22. The highest BCUT2D eigenvalue weighted by Gasteiger charge is 2.41. The molecule has 0 bridgehead atoms. The van der Waals surface area contributed by atoms with E-state index in [0.717, 1.165) is 31.8 Å². The number of carbonyl (C=O) groups is 1. The van der Waals surface area contributed by atoms with Crippen LogP contribution >= 0.6 is 0 Å². The molecule has 1 unspecified atom stereocenters. The number of hydrogen-bond acceptors (Lipinski definition) is 3. The lowest BCUT2D eigenvalue weighted by Gasteiger charge is -2.35. The van der Waals surface area contributed by atoms with E-state index in [0.29, 0.717) is 19.6 Å².